The monoisotopic (exact) mass is 365 g/mol. The molecule has 0 radical (unpaired) electrons. The SMILES string of the molecule is COc1ccc(CN(C(=O)c2ccc(-c3ccccc3F)o2)C2CC2)cc1. The van der Waals surface area contributed by atoms with Crippen molar-refractivity contribution in [2.45, 2.75) is 25.4 Å². The Bertz CT molecular complexity index is 944. The van der Waals surface area contributed by atoms with Crippen molar-refractivity contribution in [1.29, 1.82) is 0 Å². The van der Waals surface area contributed by atoms with Gasteiger partial charge < -0.3 is 14.1 Å². The number of carbonyl (C=O) groups is 1. The first-order valence-electron chi connectivity index (χ1n) is 8.94. The summed E-state index contributed by atoms with van der Waals surface area (Å²) in [5.74, 6) is 0.827. The Labute approximate surface area is 157 Å². The van der Waals surface area contributed by atoms with Crippen LogP contribution in [0, 0.1) is 5.82 Å². The van der Waals surface area contributed by atoms with Gasteiger partial charge in [0.1, 0.15) is 17.3 Å². The Kier molecular flexibility index (Phi) is 4.67. The molecule has 1 amide bonds. The van der Waals surface area contributed by atoms with Gasteiger partial charge in [0, 0.05) is 12.6 Å². The maximum atomic E-state index is 14.0. The highest BCUT2D eigenvalue weighted by molar-refractivity contribution is 5.92. The minimum atomic E-state index is -0.372. The molecule has 0 spiro atoms. The minimum absolute atomic E-state index is 0.170. The van der Waals surface area contributed by atoms with E-state index in [1.54, 1.807) is 37.4 Å². The third kappa shape index (κ3) is 3.72. The fourth-order valence-corrected chi connectivity index (χ4v) is 3.08. The Morgan fingerprint density at radius 2 is 1.85 bits per heavy atom. The number of carbonyl (C=O) groups excluding carboxylic acids is 1. The lowest BCUT2D eigenvalue weighted by Crippen LogP contribution is -2.32. The van der Waals surface area contributed by atoms with Crippen molar-refractivity contribution < 1.29 is 18.3 Å². The fourth-order valence-electron chi connectivity index (χ4n) is 3.08. The Morgan fingerprint density at radius 1 is 1.11 bits per heavy atom. The molecule has 1 aliphatic rings. The van der Waals surface area contributed by atoms with E-state index in [4.69, 9.17) is 9.15 Å². The standard InChI is InChI=1S/C22H20FNO3/c1-26-17-10-6-15(7-11-17)14-24(16-8-9-16)22(25)21-13-12-20(27-21)18-4-2-3-5-19(18)23/h2-7,10-13,16H,8-9,14H2,1H3. The van der Waals surface area contributed by atoms with E-state index >= 15 is 0 Å². The summed E-state index contributed by atoms with van der Waals surface area (Å²) in [5.41, 5.74) is 1.38. The lowest BCUT2D eigenvalue weighted by atomic mass is 10.1. The van der Waals surface area contributed by atoms with E-state index in [1.165, 1.54) is 6.07 Å². The molecule has 1 aromatic heterocycles. The van der Waals surface area contributed by atoms with E-state index in [0.29, 0.717) is 17.9 Å². The summed E-state index contributed by atoms with van der Waals surface area (Å²) in [6, 6.07) is 17.5. The second-order valence-corrected chi connectivity index (χ2v) is 6.66. The summed E-state index contributed by atoms with van der Waals surface area (Å²) < 4.78 is 24.8. The van der Waals surface area contributed by atoms with Crippen molar-refractivity contribution in [3.8, 4) is 17.1 Å². The number of benzene rings is 2. The van der Waals surface area contributed by atoms with Gasteiger partial charge in [-0.3, -0.25) is 4.79 Å². The molecule has 1 fully saturated rings. The molecule has 27 heavy (non-hydrogen) atoms. The van der Waals surface area contributed by atoms with Crippen LogP contribution in [-0.2, 0) is 6.54 Å². The van der Waals surface area contributed by atoms with E-state index in [9.17, 15) is 9.18 Å². The van der Waals surface area contributed by atoms with Crippen molar-refractivity contribution in [3.05, 3.63) is 77.8 Å². The summed E-state index contributed by atoms with van der Waals surface area (Å²) >= 11 is 0. The molecule has 4 nitrogen and oxygen atoms in total. The van der Waals surface area contributed by atoms with Crippen molar-refractivity contribution in [2.24, 2.45) is 0 Å². The Hall–Kier alpha value is -3.08. The van der Waals surface area contributed by atoms with Gasteiger partial charge in [-0.05, 0) is 54.8 Å². The van der Waals surface area contributed by atoms with Crippen LogP contribution in [0.1, 0.15) is 29.0 Å². The summed E-state index contributed by atoms with van der Waals surface area (Å²) in [6.45, 7) is 0.503. The van der Waals surface area contributed by atoms with Crippen molar-refractivity contribution in [1.82, 2.24) is 4.90 Å². The quantitative estimate of drug-likeness (QED) is 0.624. The summed E-state index contributed by atoms with van der Waals surface area (Å²) in [5, 5.41) is 0. The number of hydrogen-bond acceptors (Lipinski definition) is 3. The minimum Gasteiger partial charge on any atom is -0.497 e. The van der Waals surface area contributed by atoms with Crippen molar-refractivity contribution >= 4 is 5.91 Å². The molecule has 1 heterocycles. The van der Waals surface area contributed by atoms with Crippen LogP contribution in [0.4, 0.5) is 4.39 Å². The largest absolute Gasteiger partial charge is 0.497 e. The van der Waals surface area contributed by atoms with Crippen LogP contribution in [0.2, 0.25) is 0 Å². The van der Waals surface area contributed by atoms with Gasteiger partial charge in [0.05, 0.1) is 12.7 Å². The zero-order chi connectivity index (χ0) is 18.8. The van der Waals surface area contributed by atoms with Gasteiger partial charge in [-0.2, -0.15) is 0 Å². The summed E-state index contributed by atoms with van der Waals surface area (Å²) in [7, 11) is 1.62. The van der Waals surface area contributed by atoms with Crippen LogP contribution < -0.4 is 4.74 Å². The topological polar surface area (TPSA) is 42.7 Å². The highest BCUT2D eigenvalue weighted by atomic mass is 19.1. The number of hydrogen-bond donors (Lipinski definition) is 0. The third-order valence-corrected chi connectivity index (χ3v) is 4.72. The maximum absolute atomic E-state index is 14.0. The normalized spacial score (nSPS) is 13.4. The van der Waals surface area contributed by atoms with Crippen LogP contribution in [0.3, 0.4) is 0 Å². The number of amides is 1. The molecular formula is C22H20FNO3. The van der Waals surface area contributed by atoms with Gasteiger partial charge in [0.25, 0.3) is 5.91 Å². The Morgan fingerprint density at radius 3 is 2.52 bits per heavy atom. The molecule has 0 N–H and O–H groups in total. The zero-order valence-corrected chi connectivity index (χ0v) is 15.0. The molecule has 3 aromatic rings. The van der Waals surface area contributed by atoms with E-state index in [1.807, 2.05) is 29.2 Å². The van der Waals surface area contributed by atoms with Gasteiger partial charge in [-0.25, -0.2) is 4.39 Å². The molecule has 0 atom stereocenters. The number of methoxy groups -OCH3 is 1. The lowest BCUT2D eigenvalue weighted by molar-refractivity contribution is 0.0698. The number of halogens is 1. The van der Waals surface area contributed by atoms with Crippen LogP contribution >= 0.6 is 0 Å². The van der Waals surface area contributed by atoms with Crippen molar-refractivity contribution in [3.63, 3.8) is 0 Å². The maximum Gasteiger partial charge on any atom is 0.290 e. The molecule has 2 aromatic carbocycles. The van der Waals surface area contributed by atoms with Gasteiger partial charge in [0.15, 0.2) is 5.76 Å². The van der Waals surface area contributed by atoms with Gasteiger partial charge in [0.2, 0.25) is 0 Å². The first-order chi connectivity index (χ1) is 13.2. The Balaban J connectivity index is 1.55. The van der Waals surface area contributed by atoms with E-state index in [2.05, 4.69) is 0 Å². The van der Waals surface area contributed by atoms with Crippen LogP contribution in [-0.4, -0.2) is 24.0 Å². The smallest absolute Gasteiger partial charge is 0.290 e. The predicted octanol–water partition coefficient (Wildman–Crippen LogP) is 4.90. The lowest BCUT2D eigenvalue weighted by Gasteiger charge is -2.21. The fraction of sp³-hybridized carbons (Fsp3) is 0.227. The zero-order valence-electron chi connectivity index (χ0n) is 15.0. The number of nitrogens with zero attached hydrogens (tertiary/aromatic N) is 1. The molecule has 138 valence electrons. The molecule has 0 aliphatic heterocycles. The molecule has 0 unspecified atom stereocenters. The first-order valence-corrected chi connectivity index (χ1v) is 8.94. The van der Waals surface area contributed by atoms with E-state index in [0.717, 1.165) is 24.2 Å². The highest BCUT2D eigenvalue weighted by Gasteiger charge is 2.34. The number of rotatable bonds is 6. The van der Waals surface area contributed by atoms with Crippen LogP contribution in [0.15, 0.2) is 65.1 Å². The second kappa shape index (κ2) is 7.27. The van der Waals surface area contributed by atoms with Gasteiger partial charge in [-0.15, -0.1) is 0 Å². The van der Waals surface area contributed by atoms with Crippen LogP contribution in [0.5, 0.6) is 5.75 Å². The second-order valence-electron chi connectivity index (χ2n) is 6.66. The molecule has 0 saturated heterocycles. The molecule has 0 bridgehead atoms. The average Bonchev–Trinajstić information content (AvgIpc) is 3.42. The first kappa shape index (κ1) is 17.3. The summed E-state index contributed by atoms with van der Waals surface area (Å²) in [6.07, 6.45) is 1.98. The predicted molar refractivity (Wildman–Crippen MR) is 100.0 cm³/mol. The molecule has 5 heteroatoms. The van der Waals surface area contributed by atoms with Crippen LogP contribution in [0.25, 0.3) is 11.3 Å². The molecular weight excluding hydrogens is 345 g/mol. The number of furan rings is 1. The molecule has 1 aliphatic carbocycles. The van der Waals surface area contributed by atoms with Crippen molar-refractivity contribution in [2.75, 3.05) is 7.11 Å². The molecule has 4 rings (SSSR count). The third-order valence-electron chi connectivity index (χ3n) is 4.72. The van der Waals surface area contributed by atoms with E-state index < -0.39 is 0 Å². The number of ether oxygens (including phenoxy) is 1. The van der Waals surface area contributed by atoms with Gasteiger partial charge in [-0.1, -0.05) is 24.3 Å². The molecule has 1 saturated carbocycles. The average molecular weight is 365 g/mol. The highest BCUT2D eigenvalue weighted by Crippen LogP contribution is 2.32. The summed E-state index contributed by atoms with van der Waals surface area (Å²) in [4.78, 5) is 14.8. The van der Waals surface area contributed by atoms with E-state index in [-0.39, 0.29) is 23.5 Å². The van der Waals surface area contributed by atoms with Gasteiger partial charge >= 0.3 is 0 Å².